The third kappa shape index (κ3) is 4.19. The molecule has 0 heterocycles. The quantitative estimate of drug-likeness (QED) is 0.869. The van der Waals surface area contributed by atoms with Gasteiger partial charge in [-0.05, 0) is 29.8 Å². The smallest absolute Gasteiger partial charge is 0.416 e. The molecule has 21 heavy (non-hydrogen) atoms. The summed E-state index contributed by atoms with van der Waals surface area (Å²) in [5.74, 6) is 0.376. The molecule has 0 saturated carbocycles. The molecule has 0 amide bonds. The minimum atomic E-state index is -4.34. The lowest BCUT2D eigenvalue weighted by atomic mass is 10.1. The molecule has 0 saturated heterocycles. The first kappa shape index (κ1) is 15.3. The summed E-state index contributed by atoms with van der Waals surface area (Å²) in [6.45, 7) is 0.253. The highest BCUT2D eigenvalue weighted by molar-refractivity contribution is 7.80. The van der Waals surface area contributed by atoms with Crippen LogP contribution in [0.3, 0.4) is 0 Å². The highest BCUT2D eigenvalue weighted by Crippen LogP contribution is 2.30. The molecule has 0 aliphatic rings. The molecule has 0 aromatic heterocycles. The fourth-order valence-corrected chi connectivity index (χ4v) is 1.81. The zero-order chi connectivity index (χ0) is 15.5. The van der Waals surface area contributed by atoms with E-state index in [0.717, 1.165) is 23.3 Å². The van der Waals surface area contributed by atoms with Crippen LogP contribution in [-0.4, -0.2) is 4.99 Å². The van der Waals surface area contributed by atoms with Crippen LogP contribution >= 0.6 is 12.2 Å². The minimum absolute atomic E-state index is 0.253. The first-order valence-electron chi connectivity index (χ1n) is 6.05. The van der Waals surface area contributed by atoms with Crippen molar-refractivity contribution < 1.29 is 17.9 Å². The summed E-state index contributed by atoms with van der Waals surface area (Å²) in [7, 11) is 0. The Bertz CT molecular complexity index is 621. The molecule has 6 heteroatoms. The number of rotatable bonds is 4. The van der Waals surface area contributed by atoms with Crippen LogP contribution in [0.2, 0.25) is 0 Å². The Hall–Kier alpha value is -2.08. The maximum Gasteiger partial charge on any atom is 0.416 e. The van der Waals surface area contributed by atoms with Gasteiger partial charge in [0.25, 0.3) is 0 Å². The van der Waals surface area contributed by atoms with E-state index in [1.807, 2.05) is 0 Å². The Balaban J connectivity index is 1.98. The van der Waals surface area contributed by atoms with E-state index < -0.39 is 11.7 Å². The molecule has 2 rings (SSSR count). The van der Waals surface area contributed by atoms with E-state index in [1.54, 1.807) is 24.3 Å². The summed E-state index contributed by atoms with van der Waals surface area (Å²) < 4.78 is 42.7. The largest absolute Gasteiger partial charge is 0.489 e. The first-order valence-corrected chi connectivity index (χ1v) is 6.46. The van der Waals surface area contributed by atoms with Crippen LogP contribution in [0, 0.1) is 0 Å². The standard InChI is InChI=1S/C15H12F3NOS/c16-15(17,18)12-5-7-13(8-6-12)20-9-10-1-3-11(4-2-10)14(19)21/h1-8H,9H2,(H2,19,21). The first-order chi connectivity index (χ1) is 9.86. The normalized spacial score (nSPS) is 11.2. The molecule has 0 atom stereocenters. The summed E-state index contributed by atoms with van der Waals surface area (Å²) in [6.07, 6.45) is -4.34. The minimum Gasteiger partial charge on any atom is -0.489 e. The molecule has 2 aromatic carbocycles. The van der Waals surface area contributed by atoms with E-state index in [0.29, 0.717) is 10.7 Å². The molecule has 0 radical (unpaired) electrons. The highest BCUT2D eigenvalue weighted by Gasteiger charge is 2.29. The number of ether oxygens (including phenoxy) is 1. The fourth-order valence-electron chi connectivity index (χ4n) is 1.67. The van der Waals surface area contributed by atoms with Gasteiger partial charge in [0.2, 0.25) is 0 Å². The summed E-state index contributed by atoms with van der Waals surface area (Å²) in [5.41, 5.74) is 6.41. The molecule has 0 aliphatic carbocycles. The maximum atomic E-state index is 12.4. The summed E-state index contributed by atoms with van der Waals surface area (Å²) in [4.78, 5) is 0.310. The Morgan fingerprint density at radius 2 is 1.57 bits per heavy atom. The van der Waals surface area contributed by atoms with Crippen LogP contribution in [0.4, 0.5) is 13.2 Å². The van der Waals surface area contributed by atoms with Crippen molar-refractivity contribution in [3.05, 3.63) is 65.2 Å². The Morgan fingerprint density at radius 1 is 1.00 bits per heavy atom. The Morgan fingerprint density at radius 3 is 2.05 bits per heavy atom. The second-order valence-corrected chi connectivity index (χ2v) is 4.81. The molecule has 0 spiro atoms. The van der Waals surface area contributed by atoms with Crippen LogP contribution in [-0.2, 0) is 12.8 Å². The average Bonchev–Trinajstić information content (AvgIpc) is 2.45. The van der Waals surface area contributed by atoms with Gasteiger partial charge in [-0.25, -0.2) is 0 Å². The molecule has 0 bridgehead atoms. The van der Waals surface area contributed by atoms with Crippen molar-refractivity contribution in [1.82, 2.24) is 0 Å². The van der Waals surface area contributed by atoms with Crippen molar-refractivity contribution in [2.24, 2.45) is 5.73 Å². The average molecular weight is 311 g/mol. The number of nitrogens with two attached hydrogens (primary N) is 1. The van der Waals surface area contributed by atoms with Crippen molar-refractivity contribution in [3.63, 3.8) is 0 Å². The van der Waals surface area contributed by atoms with Crippen LogP contribution in [0.1, 0.15) is 16.7 Å². The highest BCUT2D eigenvalue weighted by atomic mass is 32.1. The fraction of sp³-hybridized carbons (Fsp3) is 0.133. The number of benzene rings is 2. The van der Waals surface area contributed by atoms with Gasteiger partial charge in [-0.1, -0.05) is 36.5 Å². The van der Waals surface area contributed by atoms with Gasteiger partial charge in [0.1, 0.15) is 17.3 Å². The number of hydrogen-bond donors (Lipinski definition) is 1. The zero-order valence-electron chi connectivity index (χ0n) is 10.9. The van der Waals surface area contributed by atoms with Gasteiger partial charge >= 0.3 is 6.18 Å². The van der Waals surface area contributed by atoms with Crippen LogP contribution < -0.4 is 10.5 Å². The van der Waals surface area contributed by atoms with Crippen molar-refractivity contribution in [3.8, 4) is 5.75 Å². The summed E-state index contributed by atoms with van der Waals surface area (Å²) >= 11 is 4.84. The molecule has 0 unspecified atom stereocenters. The molecular weight excluding hydrogens is 299 g/mol. The van der Waals surface area contributed by atoms with E-state index in [4.69, 9.17) is 22.7 Å². The number of alkyl halides is 3. The van der Waals surface area contributed by atoms with Gasteiger partial charge in [0, 0.05) is 5.56 Å². The lowest BCUT2D eigenvalue weighted by molar-refractivity contribution is -0.137. The summed E-state index contributed by atoms with van der Waals surface area (Å²) in [5, 5.41) is 0. The zero-order valence-corrected chi connectivity index (χ0v) is 11.7. The van der Waals surface area contributed by atoms with E-state index in [2.05, 4.69) is 0 Å². The lowest BCUT2D eigenvalue weighted by Gasteiger charge is -2.09. The van der Waals surface area contributed by atoms with Crippen LogP contribution in [0.15, 0.2) is 48.5 Å². The van der Waals surface area contributed by atoms with Crippen molar-refractivity contribution in [2.75, 3.05) is 0 Å². The number of hydrogen-bond acceptors (Lipinski definition) is 2. The van der Waals surface area contributed by atoms with Gasteiger partial charge in [0.05, 0.1) is 5.56 Å². The summed E-state index contributed by atoms with van der Waals surface area (Å²) in [6, 6.07) is 11.7. The maximum absolute atomic E-state index is 12.4. The van der Waals surface area contributed by atoms with E-state index in [9.17, 15) is 13.2 Å². The van der Waals surface area contributed by atoms with Crippen molar-refractivity contribution >= 4 is 17.2 Å². The molecule has 2 aromatic rings. The van der Waals surface area contributed by atoms with Gasteiger partial charge in [-0.15, -0.1) is 0 Å². The molecule has 2 nitrogen and oxygen atoms in total. The lowest BCUT2D eigenvalue weighted by Crippen LogP contribution is -2.09. The van der Waals surface area contributed by atoms with Gasteiger partial charge in [0.15, 0.2) is 0 Å². The third-order valence-corrected chi connectivity index (χ3v) is 3.06. The van der Waals surface area contributed by atoms with Gasteiger partial charge < -0.3 is 10.5 Å². The van der Waals surface area contributed by atoms with E-state index in [1.165, 1.54) is 12.1 Å². The van der Waals surface area contributed by atoms with Gasteiger partial charge in [-0.3, -0.25) is 0 Å². The second-order valence-electron chi connectivity index (χ2n) is 4.37. The second kappa shape index (κ2) is 6.13. The molecule has 2 N–H and O–H groups in total. The predicted molar refractivity (Wildman–Crippen MR) is 78.1 cm³/mol. The van der Waals surface area contributed by atoms with E-state index >= 15 is 0 Å². The topological polar surface area (TPSA) is 35.2 Å². The monoisotopic (exact) mass is 311 g/mol. The van der Waals surface area contributed by atoms with Crippen LogP contribution in [0.25, 0.3) is 0 Å². The van der Waals surface area contributed by atoms with Crippen LogP contribution in [0.5, 0.6) is 5.75 Å². The number of thiocarbonyl (C=S) groups is 1. The predicted octanol–water partition coefficient (Wildman–Crippen LogP) is 3.92. The number of halogens is 3. The molecule has 0 aliphatic heterocycles. The molecular formula is C15H12F3NOS. The van der Waals surface area contributed by atoms with E-state index in [-0.39, 0.29) is 6.61 Å². The Labute approximate surface area is 125 Å². The third-order valence-electron chi connectivity index (χ3n) is 2.83. The molecule has 0 fully saturated rings. The molecule has 110 valence electrons. The van der Waals surface area contributed by atoms with Crippen molar-refractivity contribution in [1.29, 1.82) is 0 Å². The van der Waals surface area contributed by atoms with Gasteiger partial charge in [-0.2, -0.15) is 13.2 Å². The van der Waals surface area contributed by atoms with Crippen molar-refractivity contribution in [2.45, 2.75) is 12.8 Å². The Kier molecular flexibility index (Phi) is 4.47. The SMILES string of the molecule is NC(=S)c1ccc(COc2ccc(C(F)(F)F)cc2)cc1.